The van der Waals surface area contributed by atoms with Crippen molar-refractivity contribution in [2.75, 3.05) is 24.7 Å². The summed E-state index contributed by atoms with van der Waals surface area (Å²) in [5, 5.41) is 10.7. The summed E-state index contributed by atoms with van der Waals surface area (Å²) in [7, 11) is 0. The second-order valence-corrected chi connectivity index (χ2v) is 12.3. The van der Waals surface area contributed by atoms with Gasteiger partial charge in [0.05, 0.1) is 30.8 Å². The summed E-state index contributed by atoms with van der Waals surface area (Å²) < 4.78 is 12.4. The van der Waals surface area contributed by atoms with Crippen LogP contribution >= 0.6 is 0 Å². The van der Waals surface area contributed by atoms with Crippen LogP contribution in [0, 0.1) is 25.7 Å². The molecular formula is C35H42N2O6. The maximum absolute atomic E-state index is 14.9. The first-order chi connectivity index (χ1) is 20.6. The van der Waals surface area contributed by atoms with Crippen molar-refractivity contribution in [3.63, 3.8) is 0 Å². The molecule has 8 nitrogen and oxygen atoms in total. The van der Waals surface area contributed by atoms with Crippen molar-refractivity contribution < 1.29 is 29.0 Å². The van der Waals surface area contributed by atoms with E-state index in [1.165, 1.54) is 4.90 Å². The summed E-state index contributed by atoms with van der Waals surface area (Å²) in [5.74, 6) is -2.96. The molecule has 2 bridgehead atoms. The molecule has 0 aromatic heterocycles. The number of likely N-dealkylation sites (tertiary alicyclic amines) is 1. The van der Waals surface area contributed by atoms with Crippen LogP contribution in [-0.4, -0.2) is 70.8 Å². The summed E-state index contributed by atoms with van der Waals surface area (Å²) in [6.45, 7) is 13.4. The predicted molar refractivity (Wildman–Crippen MR) is 164 cm³/mol. The third-order valence-corrected chi connectivity index (χ3v) is 9.42. The molecule has 5 rings (SSSR count). The summed E-state index contributed by atoms with van der Waals surface area (Å²) >= 11 is 0. The topological polar surface area (TPSA) is 96.4 Å². The van der Waals surface area contributed by atoms with Gasteiger partial charge < -0.3 is 24.4 Å². The van der Waals surface area contributed by atoms with Crippen LogP contribution in [0.25, 0.3) is 0 Å². The molecule has 2 amide bonds. The van der Waals surface area contributed by atoms with Crippen molar-refractivity contribution >= 4 is 23.5 Å². The van der Waals surface area contributed by atoms with Gasteiger partial charge in [0.2, 0.25) is 5.91 Å². The highest BCUT2D eigenvalue weighted by molar-refractivity contribution is 6.05. The first kappa shape index (κ1) is 30.7. The maximum Gasteiger partial charge on any atom is 0.312 e. The predicted octanol–water partition coefficient (Wildman–Crippen LogP) is 4.31. The van der Waals surface area contributed by atoms with Crippen molar-refractivity contribution in [1.29, 1.82) is 0 Å². The molecule has 228 valence electrons. The van der Waals surface area contributed by atoms with Crippen LogP contribution in [0.4, 0.5) is 5.69 Å². The molecule has 2 aromatic carbocycles. The molecule has 0 saturated carbocycles. The molecule has 2 aromatic rings. The van der Waals surface area contributed by atoms with Gasteiger partial charge in [-0.25, -0.2) is 0 Å². The van der Waals surface area contributed by atoms with Gasteiger partial charge in [-0.3, -0.25) is 14.4 Å². The summed E-state index contributed by atoms with van der Waals surface area (Å²) in [4.78, 5) is 46.3. The summed E-state index contributed by atoms with van der Waals surface area (Å²) in [6, 6.07) is 13.7. The van der Waals surface area contributed by atoms with Gasteiger partial charge in [0.25, 0.3) is 5.91 Å². The molecule has 0 radical (unpaired) electrons. The average Bonchev–Trinajstić information content (AvgIpc) is 3.57. The largest absolute Gasteiger partial charge is 0.465 e. The Bertz CT molecular complexity index is 1410. The second-order valence-electron chi connectivity index (χ2n) is 12.3. The van der Waals surface area contributed by atoms with Crippen LogP contribution in [0.1, 0.15) is 42.9 Å². The fourth-order valence-corrected chi connectivity index (χ4v) is 7.46. The number of benzene rings is 2. The molecule has 3 saturated heterocycles. The molecule has 1 N–H and O–H groups in total. The fourth-order valence-electron chi connectivity index (χ4n) is 7.46. The Morgan fingerprint density at radius 1 is 1.16 bits per heavy atom. The van der Waals surface area contributed by atoms with E-state index in [4.69, 9.17) is 9.47 Å². The van der Waals surface area contributed by atoms with Crippen molar-refractivity contribution in [2.24, 2.45) is 11.8 Å². The van der Waals surface area contributed by atoms with Gasteiger partial charge in [-0.2, -0.15) is 0 Å². The minimum Gasteiger partial charge on any atom is -0.465 e. The standard InChI is InChI=1S/C35H42N2O6/c1-6-8-19-42-33(41)29-28-31(39)37(26(22-38)21-25-12-10-9-11-13-25)30(35(28)17-16-34(29,5)43-35)32(40)36(18-7-2)27-20-23(3)14-15-24(27)4/h6-7,9-15,20,26,28-30,38H,1-2,8,16-19,21-22H2,3-5H3/t26-,28+,29-,30?,34+,35?/m1/s1. The number of carbonyl (C=O) groups excluding carboxylic acids is 3. The van der Waals surface area contributed by atoms with E-state index in [0.29, 0.717) is 25.7 Å². The number of esters is 1. The third kappa shape index (κ3) is 5.21. The van der Waals surface area contributed by atoms with Gasteiger partial charge in [0.1, 0.15) is 17.6 Å². The molecule has 43 heavy (non-hydrogen) atoms. The van der Waals surface area contributed by atoms with Crippen LogP contribution in [0.15, 0.2) is 73.8 Å². The van der Waals surface area contributed by atoms with Crippen molar-refractivity contribution in [2.45, 2.75) is 69.7 Å². The van der Waals surface area contributed by atoms with Crippen LogP contribution in [-0.2, 0) is 30.3 Å². The highest BCUT2D eigenvalue weighted by Gasteiger charge is 2.79. The molecular weight excluding hydrogens is 544 g/mol. The average molecular weight is 587 g/mol. The Hall–Kier alpha value is -3.75. The lowest BCUT2D eigenvalue weighted by Gasteiger charge is -2.40. The van der Waals surface area contributed by atoms with E-state index in [1.807, 2.05) is 69.3 Å². The lowest BCUT2D eigenvalue weighted by molar-refractivity contribution is -0.160. The van der Waals surface area contributed by atoms with E-state index in [2.05, 4.69) is 13.2 Å². The lowest BCUT2D eigenvalue weighted by atomic mass is 9.66. The lowest BCUT2D eigenvalue weighted by Crippen LogP contribution is -2.59. The number of aliphatic hydroxyl groups excluding tert-OH is 1. The van der Waals surface area contributed by atoms with Gasteiger partial charge in [-0.1, -0.05) is 54.6 Å². The zero-order valence-corrected chi connectivity index (χ0v) is 25.3. The Morgan fingerprint density at radius 3 is 2.58 bits per heavy atom. The van der Waals surface area contributed by atoms with Crippen molar-refractivity contribution in [3.05, 3.63) is 90.5 Å². The molecule has 3 aliphatic rings. The highest BCUT2D eigenvalue weighted by atomic mass is 16.6. The fraction of sp³-hybridized carbons (Fsp3) is 0.457. The number of rotatable bonds is 12. The zero-order valence-electron chi connectivity index (χ0n) is 25.3. The van der Waals surface area contributed by atoms with E-state index < -0.39 is 41.1 Å². The molecule has 3 fully saturated rings. The Morgan fingerprint density at radius 2 is 1.91 bits per heavy atom. The summed E-state index contributed by atoms with van der Waals surface area (Å²) in [5.41, 5.74) is 1.34. The molecule has 0 aliphatic carbocycles. The minimum absolute atomic E-state index is 0.155. The molecule has 8 heteroatoms. The van der Waals surface area contributed by atoms with Gasteiger partial charge in [-0.15, -0.1) is 13.2 Å². The number of nitrogens with zero attached hydrogens (tertiary/aromatic N) is 2. The molecule has 6 atom stereocenters. The van der Waals surface area contributed by atoms with Gasteiger partial charge >= 0.3 is 5.97 Å². The Balaban J connectivity index is 1.62. The van der Waals surface area contributed by atoms with Gasteiger partial charge in [0.15, 0.2) is 0 Å². The van der Waals surface area contributed by atoms with Crippen LogP contribution in [0.5, 0.6) is 0 Å². The highest BCUT2D eigenvalue weighted by Crippen LogP contribution is 2.64. The molecule has 3 aliphatic heterocycles. The van der Waals surface area contributed by atoms with Crippen molar-refractivity contribution in [3.8, 4) is 0 Å². The third-order valence-electron chi connectivity index (χ3n) is 9.42. The van der Waals surface area contributed by atoms with Gasteiger partial charge in [-0.05, 0) is 69.2 Å². The number of hydrogen-bond donors (Lipinski definition) is 1. The number of aryl methyl sites for hydroxylation is 2. The number of aliphatic hydroxyl groups is 1. The molecule has 1 spiro atoms. The number of hydrogen-bond acceptors (Lipinski definition) is 6. The van der Waals surface area contributed by atoms with E-state index in [-0.39, 0.29) is 31.6 Å². The summed E-state index contributed by atoms with van der Waals surface area (Å²) in [6.07, 6.45) is 5.10. The van der Waals surface area contributed by atoms with Crippen LogP contribution in [0.3, 0.4) is 0 Å². The minimum atomic E-state index is -1.24. The van der Waals surface area contributed by atoms with Crippen LogP contribution < -0.4 is 4.90 Å². The smallest absolute Gasteiger partial charge is 0.312 e. The quantitative estimate of drug-likeness (QED) is 0.226. The first-order valence-corrected chi connectivity index (χ1v) is 15.1. The van der Waals surface area contributed by atoms with Crippen molar-refractivity contribution in [1.82, 2.24) is 4.90 Å². The van der Waals surface area contributed by atoms with Gasteiger partial charge in [0, 0.05) is 12.2 Å². The zero-order chi connectivity index (χ0) is 30.9. The number of fused-ring (bicyclic) bond motifs is 1. The Labute approximate surface area is 254 Å². The first-order valence-electron chi connectivity index (χ1n) is 15.1. The Kier molecular flexibility index (Phi) is 8.63. The normalized spacial score (nSPS) is 28.0. The molecule has 2 unspecified atom stereocenters. The van der Waals surface area contributed by atoms with E-state index in [1.54, 1.807) is 17.1 Å². The van der Waals surface area contributed by atoms with E-state index >= 15 is 0 Å². The maximum atomic E-state index is 14.9. The second kappa shape index (κ2) is 12.1. The molecule has 3 heterocycles. The van der Waals surface area contributed by atoms with E-state index in [9.17, 15) is 19.5 Å². The monoisotopic (exact) mass is 586 g/mol. The van der Waals surface area contributed by atoms with Crippen LogP contribution in [0.2, 0.25) is 0 Å². The number of ether oxygens (including phenoxy) is 2. The number of amides is 2. The van der Waals surface area contributed by atoms with E-state index in [0.717, 1.165) is 22.4 Å². The number of carbonyl (C=O) groups is 3. The SMILES string of the molecule is C=CCCOC(=O)[C@H]1[C@H]2C(=O)N([C@@H](CO)Cc3ccccc3)C(C(=O)N(CC=C)c3cc(C)ccc3C)C23CC[C@]1(C)O3. The number of anilines is 1.